The Kier molecular flexibility index (Phi) is 4.79. The van der Waals surface area contributed by atoms with Gasteiger partial charge in [0.25, 0.3) is 0 Å². The molecule has 0 heterocycles. The number of hydrogen-bond donors (Lipinski definition) is 1. The molecule has 1 nitrogen and oxygen atoms in total. The summed E-state index contributed by atoms with van der Waals surface area (Å²) in [4.78, 5) is 0. The molecular weight excluding hydrogens is 293 g/mol. The van der Waals surface area contributed by atoms with Gasteiger partial charge in [0.05, 0.1) is 0 Å². The predicted octanol–water partition coefficient (Wildman–Crippen LogP) is 4.65. The quantitative estimate of drug-likeness (QED) is 0.853. The van der Waals surface area contributed by atoms with Crippen molar-refractivity contribution >= 4 is 15.9 Å². The molecule has 1 fully saturated rings. The summed E-state index contributed by atoms with van der Waals surface area (Å²) in [5.41, 5.74) is 1.57. The summed E-state index contributed by atoms with van der Waals surface area (Å²) in [5.74, 6) is -0.190. The Labute approximate surface area is 117 Å². The van der Waals surface area contributed by atoms with Crippen molar-refractivity contribution in [3.63, 3.8) is 0 Å². The highest BCUT2D eigenvalue weighted by atomic mass is 79.9. The molecule has 3 heteroatoms. The van der Waals surface area contributed by atoms with E-state index in [-0.39, 0.29) is 5.82 Å². The van der Waals surface area contributed by atoms with Crippen molar-refractivity contribution in [1.82, 2.24) is 5.32 Å². The van der Waals surface area contributed by atoms with Gasteiger partial charge >= 0.3 is 0 Å². The number of hydrogen-bond acceptors (Lipinski definition) is 1. The normalized spacial score (nSPS) is 18.8. The third kappa shape index (κ3) is 3.79. The van der Waals surface area contributed by atoms with Crippen molar-refractivity contribution in [3.8, 4) is 0 Å². The molecule has 0 atom stereocenters. The van der Waals surface area contributed by atoms with Gasteiger partial charge in [-0.2, -0.15) is 0 Å². The van der Waals surface area contributed by atoms with E-state index in [0.717, 1.165) is 23.1 Å². The molecule has 0 amide bonds. The van der Waals surface area contributed by atoms with E-state index in [1.807, 2.05) is 6.07 Å². The summed E-state index contributed by atoms with van der Waals surface area (Å²) >= 11 is 3.41. The first kappa shape index (κ1) is 14.0. The van der Waals surface area contributed by atoms with Gasteiger partial charge in [-0.05, 0) is 36.0 Å². The second-order valence-electron chi connectivity index (χ2n) is 5.71. The van der Waals surface area contributed by atoms with E-state index >= 15 is 0 Å². The van der Waals surface area contributed by atoms with E-state index in [1.165, 1.54) is 44.2 Å². The maximum absolute atomic E-state index is 13.0. The molecule has 100 valence electrons. The average Bonchev–Trinajstić information content (AvgIpc) is 2.33. The lowest BCUT2D eigenvalue weighted by Gasteiger charge is -2.33. The molecule has 0 unspecified atom stereocenters. The van der Waals surface area contributed by atoms with Crippen LogP contribution in [-0.4, -0.2) is 6.54 Å². The molecule has 0 radical (unpaired) electrons. The van der Waals surface area contributed by atoms with E-state index in [2.05, 4.69) is 28.2 Å². The second-order valence-corrected chi connectivity index (χ2v) is 6.56. The van der Waals surface area contributed by atoms with Crippen molar-refractivity contribution in [2.45, 2.75) is 45.6 Å². The molecule has 1 N–H and O–H groups in total. The zero-order chi connectivity index (χ0) is 13.0. The van der Waals surface area contributed by atoms with Gasteiger partial charge in [-0.15, -0.1) is 0 Å². The van der Waals surface area contributed by atoms with Gasteiger partial charge in [0, 0.05) is 17.6 Å². The summed E-state index contributed by atoms with van der Waals surface area (Å²) < 4.78 is 13.8. The van der Waals surface area contributed by atoms with Crippen LogP contribution < -0.4 is 5.32 Å². The molecule has 1 saturated carbocycles. The molecule has 2 rings (SSSR count). The number of halogens is 2. The Morgan fingerprint density at radius 1 is 1.28 bits per heavy atom. The van der Waals surface area contributed by atoms with E-state index < -0.39 is 0 Å². The van der Waals surface area contributed by atoms with Crippen LogP contribution in [0.15, 0.2) is 22.7 Å². The lowest BCUT2D eigenvalue weighted by atomic mass is 9.76. The van der Waals surface area contributed by atoms with Crippen LogP contribution in [0.3, 0.4) is 0 Å². The van der Waals surface area contributed by atoms with E-state index in [1.54, 1.807) is 0 Å². The molecule has 0 bridgehead atoms. The maximum Gasteiger partial charge on any atom is 0.124 e. The molecule has 0 spiro atoms. The Morgan fingerprint density at radius 2 is 2.00 bits per heavy atom. The molecule has 1 aromatic rings. The van der Waals surface area contributed by atoms with Gasteiger partial charge in [0.1, 0.15) is 5.82 Å². The minimum Gasteiger partial charge on any atom is -0.312 e. The molecular formula is C15H21BrFN. The summed E-state index contributed by atoms with van der Waals surface area (Å²) in [5, 5.41) is 3.52. The van der Waals surface area contributed by atoms with Gasteiger partial charge in [-0.1, -0.05) is 48.2 Å². The topological polar surface area (TPSA) is 12.0 Å². The third-order valence-electron chi connectivity index (χ3n) is 3.94. The van der Waals surface area contributed by atoms with Crippen molar-refractivity contribution in [1.29, 1.82) is 0 Å². The highest BCUT2D eigenvalue weighted by Crippen LogP contribution is 2.35. The van der Waals surface area contributed by atoms with Crippen molar-refractivity contribution in [3.05, 3.63) is 34.1 Å². The number of rotatable bonds is 4. The highest BCUT2D eigenvalue weighted by molar-refractivity contribution is 9.10. The van der Waals surface area contributed by atoms with Crippen LogP contribution in [0.25, 0.3) is 0 Å². The number of nitrogens with one attached hydrogen (secondary N) is 1. The monoisotopic (exact) mass is 313 g/mol. The van der Waals surface area contributed by atoms with Gasteiger partial charge in [-0.25, -0.2) is 4.39 Å². The summed E-state index contributed by atoms with van der Waals surface area (Å²) in [6, 6.07) is 4.89. The minimum absolute atomic E-state index is 0.190. The maximum atomic E-state index is 13.0. The van der Waals surface area contributed by atoms with Gasteiger partial charge in [0.2, 0.25) is 0 Å². The fourth-order valence-electron chi connectivity index (χ4n) is 2.75. The largest absolute Gasteiger partial charge is 0.312 e. The zero-order valence-corrected chi connectivity index (χ0v) is 12.5. The van der Waals surface area contributed by atoms with Crippen molar-refractivity contribution in [2.75, 3.05) is 6.54 Å². The van der Waals surface area contributed by atoms with Crippen LogP contribution in [0.1, 0.15) is 44.6 Å². The Hall–Kier alpha value is -0.410. The number of benzene rings is 1. The van der Waals surface area contributed by atoms with E-state index in [4.69, 9.17) is 0 Å². The van der Waals surface area contributed by atoms with E-state index in [9.17, 15) is 4.39 Å². The first-order valence-electron chi connectivity index (χ1n) is 6.74. The molecule has 0 aliphatic heterocycles. The van der Waals surface area contributed by atoms with Crippen LogP contribution in [0.5, 0.6) is 0 Å². The summed E-state index contributed by atoms with van der Waals surface area (Å²) in [7, 11) is 0. The fraction of sp³-hybridized carbons (Fsp3) is 0.600. The molecule has 0 saturated heterocycles. The van der Waals surface area contributed by atoms with Gasteiger partial charge in [-0.3, -0.25) is 0 Å². The smallest absolute Gasteiger partial charge is 0.124 e. The highest BCUT2D eigenvalue weighted by Gasteiger charge is 2.25. The Bertz CT molecular complexity index is 399. The molecule has 1 aliphatic rings. The SMILES string of the molecule is CC1(CNCc2ccc(F)cc2Br)CCCCC1. The Morgan fingerprint density at radius 3 is 2.67 bits per heavy atom. The van der Waals surface area contributed by atoms with Crippen LogP contribution in [-0.2, 0) is 6.54 Å². The molecule has 1 aromatic carbocycles. The van der Waals surface area contributed by atoms with Gasteiger partial charge < -0.3 is 5.32 Å². The first-order valence-corrected chi connectivity index (χ1v) is 7.53. The summed E-state index contributed by atoms with van der Waals surface area (Å²) in [6.45, 7) is 4.23. The molecule has 0 aromatic heterocycles. The van der Waals surface area contributed by atoms with Crippen molar-refractivity contribution < 1.29 is 4.39 Å². The lowest BCUT2D eigenvalue weighted by molar-refractivity contribution is 0.207. The van der Waals surface area contributed by atoms with Crippen LogP contribution in [0.2, 0.25) is 0 Å². The average molecular weight is 314 g/mol. The van der Waals surface area contributed by atoms with Crippen molar-refractivity contribution in [2.24, 2.45) is 5.41 Å². The van der Waals surface area contributed by atoms with Crippen LogP contribution >= 0.6 is 15.9 Å². The second kappa shape index (κ2) is 6.16. The summed E-state index contributed by atoms with van der Waals surface area (Å²) in [6.07, 6.45) is 6.76. The first-order chi connectivity index (χ1) is 8.59. The molecule has 1 aliphatic carbocycles. The lowest BCUT2D eigenvalue weighted by Crippen LogP contribution is -2.33. The van der Waals surface area contributed by atoms with Crippen LogP contribution in [0.4, 0.5) is 4.39 Å². The standard InChI is InChI=1S/C15H21BrFN/c1-15(7-3-2-4-8-15)11-18-10-12-5-6-13(17)9-14(12)16/h5-6,9,18H,2-4,7-8,10-11H2,1H3. The van der Waals surface area contributed by atoms with E-state index in [0.29, 0.717) is 5.41 Å². The van der Waals surface area contributed by atoms with Crippen LogP contribution in [0, 0.1) is 11.2 Å². The molecule has 18 heavy (non-hydrogen) atoms. The Balaban J connectivity index is 1.84. The third-order valence-corrected chi connectivity index (χ3v) is 4.68. The fourth-order valence-corrected chi connectivity index (χ4v) is 3.24. The predicted molar refractivity (Wildman–Crippen MR) is 77.0 cm³/mol. The zero-order valence-electron chi connectivity index (χ0n) is 10.9. The van der Waals surface area contributed by atoms with Gasteiger partial charge in [0.15, 0.2) is 0 Å². The minimum atomic E-state index is -0.190.